The van der Waals surface area contributed by atoms with Gasteiger partial charge < -0.3 is 30.2 Å². The van der Waals surface area contributed by atoms with Crippen molar-refractivity contribution in [2.45, 2.75) is 144 Å². The molecule has 16 nitrogen and oxygen atoms in total. The molecule has 6 amide bonds. The third kappa shape index (κ3) is 15.2. The summed E-state index contributed by atoms with van der Waals surface area (Å²) < 4.78 is 0. The van der Waals surface area contributed by atoms with E-state index in [0.29, 0.717) is 25.4 Å². The molecule has 0 aliphatic rings. The van der Waals surface area contributed by atoms with Crippen molar-refractivity contribution in [3.63, 3.8) is 0 Å². The van der Waals surface area contributed by atoms with Crippen LogP contribution in [0.25, 0.3) is 0 Å². The highest BCUT2D eigenvalue weighted by Crippen LogP contribution is 2.24. The lowest BCUT2D eigenvalue weighted by molar-refractivity contribution is -0.150. The van der Waals surface area contributed by atoms with Gasteiger partial charge in [-0.25, -0.2) is 0 Å². The molecule has 322 valence electrons. The third-order valence-corrected chi connectivity index (χ3v) is 9.86. The van der Waals surface area contributed by atoms with Crippen LogP contribution in [0.3, 0.4) is 0 Å². The SMILES string of the molecule is CCCC(=O)N(C)CC(=O)N(C)C(C=O)(CC(C)C)NC(C(=O)N(C)C(CC(C)C)C(=O)NC(C)(C=O)NC(C)C(=O)N(C)C(CC(C)C)C(=O)NC)C(C)C. The van der Waals surface area contributed by atoms with Crippen LogP contribution in [0, 0.1) is 23.7 Å². The van der Waals surface area contributed by atoms with E-state index in [0.717, 1.165) is 0 Å². The fourth-order valence-corrected chi connectivity index (χ4v) is 6.61. The summed E-state index contributed by atoms with van der Waals surface area (Å²) in [5.74, 6) is -3.18. The highest BCUT2D eigenvalue weighted by Gasteiger charge is 2.44. The average Bonchev–Trinajstić information content (AvgIpc) is 3.11. The van der Waals surface area contributed by atoms with E-state index in [4.69, 9.17) is 0 Å². The van der Waals surface area contributed by atoms with Gasteiger partial charge in [0, 0.05) is 41.7 Å². The van der Waals surface area contributed by atoms with Crippen LogP contribution in [0.4, 0.5) is 0 Å². The van der Waals surface area contributed by atoms with Gasteiger partial charge in [-0.2, -0.15) is 0 Å². The minimum absolute atomic E-state index is 0.0789. The largest absolute Gasteiger partial charge is 0.357 e. The monoisotopic (exact) mass is 795 g/mol. The maximum absolute atomic E-state index is 14.5. The van der Waals surface area contributed by atoms with Crippen molar-refractivity contribution in [1.82, 2.24) is 40.9 Å². The van der Waals surface area contributed by atoms with Crippen molar-refractivity contribution in [3.05, 3.63) is 0 Å². The van der Waals surface area contributed by atoms with Crippen LogP contribution >= 0.6 is 0 Å². The molecular weight excluding hydrogens is 720 g/mol. The van der Waals surface area contributed by atoms with Crippen LogP contribution in [-0.4, -0.2) is 145 Å². The van der Waals surface area contributed by atoms with E-state index in [9.17, 15) is 38.4 Å². The Morgan fingerprint density at radius 3 is 1.59 bits per heavy atom. The Kier molecular flexibility index (Phi) is 21.7. The van der Waals surface area contributed by atoms with Crippen molar-refractivity contribution in [2.24, 2.45) is 23.7 Å². The van der Waals surface area contributed by atoms with E-state index in [1.807, 2.05) is 48.5 Å². The van der Waals surface area contributed by atoms with Crippen LogP contribution < -0.4 is 21.3 Å². The van der Waals surface area contributed by atoms with Gasteiger partial charge in [0.15, 0.2) is 18.2 Å². The molecule has 0 radical (unpaired) electrons. The second-order valence-electron chi connectivity index (χ2n) is 16.9. The van der Waals surface area contributed by atoms with Gasteiger partial charge in [0.05, 0.1) is 18.6 Å². The molecule has 0 aliphatic heterocycles. The average molecular weight is 795 g/mol. The smallest absolute Gasteiger partial charge is 0.244 e. The van der Waals surface area contributed by atoms with Gasteiger partial charge in [0.2, 0.25) is 35.4 Å². The molecule has 0 heterocycles. The van der Waals surface area contributed by atoms with Crippen molar-refractivity contribution >= 4 is 48.0 Å². The molecule has 4 N–H and O–H groups in total. The van der Waals surface area contributed by atoms with Crippen LogP contribution in [-0.2, 0) is 38.4 Å². The Morgan fingerprint density at radius 2 is 1.18 bits per heavy atom. The number of amides is 6. The van der Waals surface area contributed by atoms with E-state index in [2.05, 4.69) is 21.3 Å². The summed E-state index contributed by atoms with van der Waals surface area (Å²) in [6, 6.07) is -3.89. The first-order valence-electron chi connectivity index (χ1n) is 19.8. The molecule has 56 heavy (non-hydrogen) atoms. The summed E-state index contributed by atoms with van der Waals surface area (Å²) >= 11 is 0. The Hall–Kier alpha value is -3.92. The van der Waals surface area contributed by atoms with Gasteiger partial charge in [-0.15, -0.1) is 0 Å². The normalized spacial score (nSPS) is 15.9. The Morgan fingerprint density at radius 1 is 0.679 bits per heavy atom. The third-order valence-electron chi connectivity index (χ3n) is 9.86. The molecule has 6 atom stereocenters. The standard InChI is InChI=1S/C40H74N8O8/c1-17-18-32(51)45(13)22-33(52)48(16)40(24-50,21-27(6)7)43-34(28(8)9)38(56)47(15)31(20-26(4)5)36(54)44-39(11,23-49)42-29(10)37(55)46(14)30(19-25(2)3)35(53)41-12/h23-31,34,42-43H,17-22H2,1-16H3,(H,41,53)(H,44,54). The summed E-state index contributed by atoms with van der Waals surface area (Å²) in [6.07, 6.45) is 2.73. The number of carbonyl (C=O) groups is 8. The maximum Gasteiger partial charge on any atom is 0.244 e. The number of hydrogen-bond acceptors (Lipinski definition) is 10. The van der Waals surface area contributed by atoms with Crippen LogP contribution in [0.1, 0.15) is 108 Å². The van der Waals surface area contributed by atoms with Gasteiger partial charge in [0.1, 0.15) is 17.7 Å². The number of nitrogens with one attached hydrogen (secondary N) is 4. The molecule has 0 saturated heterocycles. The minimum atomic E-state index is -1.75. The summed E-state index contributed by atoms with van der Waals surface area (Å²) in [5.41, 5.74) is -3.38. The lowest BCUT2D eigenvalue weighted by atomic mass is 9.92. The van der Waals surface area contributed by atoms with E-state index < -0.39 is 65.0 Å². The van der Waals surface area contributed by atoms with E-state index in [1.165, 1.54) is 68.7 Å². The van der Waals surface area contributed by atoms with Crippen molar-refractivity contribution in [2.75, 3.05) is 41.8 Å². The molecule has 0 rings (SSSR count). The zero-order valence-electron chi connectivity index (χ0n) is 37.1. The molecule has 0 spiro atoms. The summed E-state index contributed by atoms with van der Waals surface area (Å²) in [4.78, 5) is 112. The number of aldehydes is 2. The molecule has 16 heteroatoms. The van der Waals surface area contributed by atoms with Crippen LogP contribution in [0.5, 0.6) is 0 Å². The number of carbonyl (C=O) groups excluding carboxylic acids is 8. The van der Waals surface area contributed by atoms with E-state index >= 15 is 0 Å². The predicted molar refractivity (Wildman–Crippen MR) is 217 cm³/mol. The van der Waals surface area contributed by atoms with Gasteiger partial charge >= 0.3 is 0 Å². The van der Waals surface area contributed by atoms with Gasteiger partial charge in [-0.1, -0.05) is 62.3 Å². The van der Waals surface area contributed by atoms with Gasteiger partial charge in [0.25, 0.3) is 0 Å². The fraction of sp³-hybridized carbons (Fsp3) is 0.800. The first-order valence-corrected chi connectivity index (χ1v) is 19.8. The molecule has 0 aliphatic carbocycles. The van der Waals surface area contributed by atoms with Crippen molar-refractivity contribution in [1.29, 1.82) is 0 Å². The Balaban J connectivity index is 6.60. The first kappa shape index (κ1) is 52.1. The molecule has 0 aromatic rings. The Labute approximate surface area is 336 Å². The zero-order valence-corrected chi connectivity index (χ0v) is 37.1. The van der Waals surface area contributed by atoms with Crippen LogP contribution in [0.15, 0.2) is 0 Å². The molecule has 0 bridgehead atoms. The maximum atomic E-state index is 14.5. The minimum Gasteiger partial charge on any atom is -0.357 e. The van der Waals surface area contributed by atoms with Gasteiger partial charge in [-0.3, -0.25) is 49.0 Å². The second-order valence-corrected chi connectivity index (χ2v) is 16.9. The van der Waals surface area contributed by atoms with E-state index in [-0.39, 0.29) is 55.4 Å². The number of likely N-dealkylation sites (N-methyl/N-ethyl adjacent to an activating group) is 5. The summed E-state index contributed by atoms with van der Waals surface area (Å²) in [5, 5.41) is 11.4. The van der Waals surface area contributed by atoms with E-state index in [1.54, 1.807) is 13.8 Å². The first-order chi connectivity index (χ1) is 25.8. The number of hydrogen-bond donors (Lipinski definition) is 4. The summed E-state index contributed by atoms with van der Waals surface area (Å²) in [7, 11) is 7.47. The molecule has 6 unspecified atom stereocenters. The highest BCUT2D eigenvalue weighted by atomic mass is 16.2. The molecular formula is C40H74N8O8. The molecule has 0 saturated carbocycles. The Bertz CT molecular complexity index is 1360. The topological polar surface area (TPSA) is 198 Å². The summed E-state index contributed by atoms with van der Waals surface area (Å²) in [6.45, 7) is 19.5. The fourth-order valence-electron chi connectivity index (χ4n) is 6.61. The molecule has 0 aromatic carbocycles. The van der Waals surface area contributed by atoms with Crippen LogP contribution in [0.2, 0.25) is 0 Å². The van der Waals surface area contributed by atoms with Gasteiger partial charge in [-0.05, 0) is 63.2 Å². The molecule has 0 fully saturated rings. The highest BCUT2D eigenvalue weighted by molar-refractivity contribution is 5.93. The second kappa shape index (κ2) is 23.3. The molecule has 0 aromatic heterocycles. The quantitative estimate of drug-likeness (QED) is 0.0781. The lowest BCUT2D eigenvalue weighted by Crippen LogP contribution is -2.69. The number of nitrogens with zero attached hydrogens (tertiary/aromatic N) is 4. The van der Waals surface area contributed by atoms with Crippen molar-refractivity contribution in [3.8, 4) is 0 Å². The zero-order chi connectivity index (χ0) is 43.9. The number of rotatable bonds is 25. The van der Waals surface area contributed by atoms with Crippen molar-refractivity contribution < 1.29 is 38.4 Å². The lowest BCUT2D eigenvalue weighted by Gasteiger charge is -2.44. The predicted octanol–water partition coefficient (Wildman–Crippen LogP) is 1.76.